The molecule has 1 fully saturated rings. The summed E-state index contributed by atoms with van der Waals surface area (Å²) in [6.45, 7) is 0. The summed E-state index contributed by atoms with van der Waals surface area (Å²) in [5.41, 5.74) is -0.381. The molecule has 0 unspecified atom stereocenters. The fraction of sp³-hybridized carbons (Fsp3) is 0.429. The van der Waals surface area contributed by atoms with Gasteiger partial charge in [0.1, 0.15) is 11.2 Å². The highest BCUT2D eigenvalue weighted by Gasteiger charge is 2.39. The van der Waals surface area contributed by atoms with Crippen molar-refractivity contribution in [2.24, 2.45) is 5.41 Å². The van der Waals surface area contributed by atoms with E-state index in [1.807, 2.05) is 0 Å². The Kier molecular flexibility index (Phi) is 3.61. The molecular weight excluding hydrogens is 231 g/mol. The predicted molar refractivity (Wildman–Crippen MR) is 66.2 cm³/mol. The summed E-state index contributed by atoms with van der Waals surface area (Å²) in [4.78, 5) is 12.2. The molecule has 0 saturated heterocycles. The third-order valence-corrected chi connectivity index (χ3v) is 3.46. The number of carbonyl (C=O) groups is 1. The number of halogens is 1. The van der Waals surface area contributed by atoms with Crippen LogP contribution in [0.4, 0.5) is 10.1 Å². The molecule has 2 rings (SSSR count). The first-order chi connectivity index (χ1) is 8.66. The molecule has 1 aromatic rings. The van der Waals surface area contributed by atoms with Crippen LogP contribution in [0.25, 0.3) is 0 Å². The number of rotatable bonds is 2. The van der Waals surface area contributed by atoms with Gasteiger partial charge in [-0.05, 0) is 37.1 Å². The van der Waals surface area contributed by atoms with Gasteiger partial charge in [-0.1, -0.05) is 19.3 Å². The van der Waals surface area contributed by atoms with Gasteiger partial charge in [0.25, 0.3) is 0 Å². The maximum atomic E-state index is 12.8. The Morgan fingerprint density at radius 1 is 1.22 bits per heavy atom. The van der Waals surface area contributed by atoms with Crippen molar-refractivity contribution < 1.29 is 9.18 Å². The fourth-order valence-corrected chi connectivity index (χ4v) is 2.33. The molecule has 0 bridgehead atoms. The van der Waals surface area contributed by atoms with E-state index in [9.17, 15) is 14.4 Å². The zero-order valence-electron chi connectivity index (χ0n) is 10.1. The molecule has 94 valence electrons. The Hall–Kier alpha value is -1.89. The maximum Gasteiger partial charge on any atom is 0.244 e. The number of benzene rings is 1. The molecule has 1 aromatic carbocycles. The number of anilines is 1. The summed E-state index contributed by atoms with van der Waals surface area (Å²) in [7, 11) is 0. The Balaban J connectivity index is 2.11. The van der Waals surface area contributed by atoms with Crippen molar-refractivity contribution in [3.8, 4) is 6.07 Å². The summed E-state index contributed by atoms with van der Waals surface area (Å²) in [5, 5.41) is 12.0. The standard InChI is InChI=1S/C14H15FN2O/c15-11-4-6-12(7-5-11)17-13(18)14(10-16)8-2-1-3-9-14/h4-7H,1-3,8-9H2,(H,17,18). The van der Waals surface area contributed by atoms with Crippen molar-refractivity contribution in [2.75, 3.05) is 5.32 Å². The molecule has 4 heteroatoms. The molecule has 0 aliphatic heterocycles. The number of amides is 1. The lowest BCUT2D eigenvalue weighted by Gasteiger charge is -2.29. The van der Waals surface area contributed by atoms with Crippen molar-refractivity contribution in [1.82, 2.24) is 0 Å². The molecule has 1 N–H and O–H groups in total. The third-order valence-electron chi connectivity index (χ3n) is 3.46. The van der Waals surface area contributed by atoms with Crippen LogP contribution in [0.15, 0.2) is 24.3 Å². The second-order valence-electron chi connectivity index (χ2n) is 4.72. The van der Waals surface area contributed by atoms with Crippen molar-refractivity contribution in [1.29, 1.82) is 5.26 Å². The number of carbonyl (C=O) groups excluding carboxylic acids is 1. The number of nitriles is 1. The van der Waals surface area contributed by atoms with Gasteiger partial charge in [-0.25, -0.2) is 4.39 Å². The van der Waals surface area contributed by atoms with Crippen molar-refractivity contribution in [2.45, 2.75) is 32.1 Å². The quantitative estimate of drug-likeness (QED) is 0.870. The monoisotopic (exact) mass is 246 g/mol. The highest BCUT2D eigenvalue weighted by atomic mass is 19.1. The molecule has 18 heavy (non-hydrogen) atoms. The Bertz CT molecular complexity index is 470. The van der Waals surface area contributed by atoms with Gasteiger partial charge in [-0.2, -0.15) is 5.26 Å². The largest absolute Gasteiger partial charge is 0.325 e. The van der Waals surface area contributed by atoms with Crippen molar-refractivity contribution in [3.05, 3.63) is 30.1 Å². The van der Waals surface area contributed by atoms with Gasteiger partial charge in [-0.3, -0.25) is 4.79 Å². The predicted octanol–water partition coefficient (Wildman–Crippen LogP) is 3.24. The number of hydrogen-bond donors (Lipinski definition) is 1. The Labute approximate surface area is 106 Å². The number of nitrogens with one attached hydrogen (secondary N) is 1. The van der Waals surface area contributed by atoms with Gasteiger partial charge >= 0.3 is 0 Å². The van der Waals surface area contributed by atoms with Crippen LogP contribution >= 0.6 is 0 Å². The summed E-state index contributed by atoms with van der Waals surface area (Å²) in [5.74, 6) is -0.614. The minimum Gasteiger partial charge on any atom is -0.325 e. The smallest absolute Gasteiger partial charge is 0.244 e. The zero-order valence-corrected chi connectivity index (χ0v) is 10.1. The van der Waals surface area contributed by atoms with Crippen LogP contribution < -0.4 is 5.32 Å². The normalized spacial score (nSPS) is 17.8. The first-order valence-corrected chi connectivity index (χ1v) is 6.15. The second kappa shape index (κ2) is 5.18. The van der Waals surface area contributed by atoms with E-state index in [4.69, 9.17) is 0 Å². The minimum atomic E-state index is -0.910. The third kappa shape index (κ3) is 2.51. The van der Waals surface area contributed by atoms with Crippen molar-refractivity contribution in [3.63, 3.8) is 0 Å². The van der Waals surface area contributed by atoms with E-state index in [1.54, 1.807) is 0 Å². The first-order valence-electron chi connectivity index (χ1n) is 6.15. The van der Waals surface area contributed by atoms with Crippen LogP contribution in [0, 0.1) is 22.6 Å². The van der Waals surface area contributed by atoms with E-state index >= 15 is 0 Å². The lowest BCUT2D eigenvalue weighted by molar-refractivity contribution is -0.124. The van der Waals surface area contributed by atoms with Crippen molar-refractivity contribution >= 4 is 11.6 Å². The van der Waals surface area contributed by atoms with E-state index < -0.39 is 5.41 Å². The van der Waals surface area contributed by atoms with Crippen LogP contribution in [0.5, 0.6) is 0 Å². The molecule has 3 nitrogen and oxygen atoms in total. The lowest BCUT2D eigenvalue weighted by Crippen LogP contribution is -2.36. The van der Waals surface area contributed by atoms with E-state index in [0.29, 0.717) is 18.5 Å². The Morgan fingerprint density at radius 2 is 1.83 bits per heavy atom. The summed E-state index contributed by atoms with van der Waals surface area (Å²) in [6.07, 6.45) is 4.11. The Morgan fingerprint density at radius 3 is 2.39 bits per heavy atom. The molecule has 0 radical (unpaired) electrons. The molecule has 0 heterocycles. The minimum absolute atomic E-state index is 0.267. The van der Waals surface area contributed by atoms with Gasteiger partial charge in [0, 0.05) is 5.69 Å². The lowest BCUT2D eigenvalue weighted by atomic mass is 9.74. The van der Waals surface area contributed by atoms with Crippen LogP contribution in [-0.2, 0) is 4.79 Å². The maximum absolute atomic E-state index is 12.8. The topological polar surface area (TPSA) is 52.9 Å². The second-order valence-corrected chi connectivity index (χ2v) is 4.72. The first kappa shape index (κ1) is 12.6. The molecular formula is C14H15FN2O. The van der Waals surface area contributed by atoms with Crippen LogP contribution in [0.1, 0.15) is 32.1 Å². The van der Waals surface area contributed by atoms with Crippen LogP contribution in [0.3, 0.4) is 0 Å². The molecule has 1 amide bonds. The van der Waals surface area contributed by atoms with Gasteiger partial charge < -0.3 is 5.32 Å². The zero-order chi connectivity index (χ0) is 13.0. The SMILES string of the molecule is N#CC1(C(=O)Nc2ccc(F)cc2)CCCCC1. The average Bonchev–Trinajstić information content (AvgIpc) is 2.42. The van der Waals surface area contributed by atoms with Crippen LogP contribution in [-0.4, -0.2) is 5.91 Å². The van der Waals surface area contributed by atoms with Gasteiger partial charge in [0.15, 0.2) is 0 Å². The summed E-state index contributed by atoms with van der Waals surface area (Å²) < 4.78 is 12.8. The fourth-order valence-electron chi connectivity index (χ4n) is 2.33. The van der Waals surface area contributed by atoms with E-state index in [-0.39, 0.29) is 11.7 Å². The van der Waals surface area contributed by atoms with Gasteiger partial charge in [0.2, 0.25) is 5.91 Å². The molecule has 0 spiro atoms. The van der Waals surface area contributed by atoms with Crippen LogP contribution in [0.2, 0.25) is 0 Å². The van der Waals surface area contributed by atoms with E-state index in [0.717, 1.165) is 19.3 Å². The van der Waals surface area contributed by atoms with Gasteiger partial charge in [-0.15, -0.1) is 0 Å². The average molecular weight is 246 g/mol. The van der Waals surface area contributed by atoms with Gasteiger partial charge in [0.05, 0.1) is 6.07 Å². The highest BCUT2D eigenvalue weighted by Crippen LogP contribution is 2.36. The molecule has 0 atom stereocenters. The number of nitrogens with zero attached hydrogens (tertiary/aromatic N) is 1. The highest BCUT2D eigenvalue weighted by molar-refractivity contribution is 5.97. The number of hydrogen-bond acceptors (Lipinski definition) is 2. The molecule has 1 aliphatic carbocycles. The molecule has 1 aliphatic rings. The van der Waals surface area contributed by atoms with E-state index in [1.165, 1.54) is 24.3 Å². The summed E-state index contributed by atoms with van der Waals surface area (Å²) in [6, 6.07) is 7.74. The van der Waals surface area contributed by atoms with E-state index in [2.05, 4.69) is 11.4 Å². The molecule has 0 aromatic heterocycles. The summed E-state index contributed by atoms with van der Waals surface area (Å²) >= 11 is 0. The molecule has 1 saturated carbocycles.